The van der Waals surface area contributed by atoms with Gasteiger partial charge in [-0.3, -0.25) is 0 Å². The Morgan fingerprint density at radius 1 is 1.35 bits per heavy atom. The van der Waals surface area contributed by atoms with Crippen molar-refractivity contribution in [2.24, 2.45) is 0 Å². The number of piperidine rings is 1. The van der Waals surface area contributed by atoms with E-state index in [1.54, 1.807) is 11.1 Å². The highest BCUT2D eigenvalue weighted by molar-refractivity contribution is 5.40. The standard InChI is InChI=1S/C15H22N2/c1-16-14-6-4-8-17(11-14)10-13-9-12-5-2-3-7-15(12)13/h2-3,5,7,13-14,16H,4,6,8-11H2,1H3. The topological polar surface area (TPSA) is 15.3 Å². The summed E-state index contributed by atoms with van der Waals surface area (Å²) in [5.41, 5.74) is 3.17. The average Bonchev–Trinajstić information content (AvgIpc) is 2.36. The Hall–Kier alpha value is -0.860. The highest BCUT2D eigenvalue weighted by Crippen LogP contribution is 2.35. The van der Waals surface area contributed by atoms with Crippen molar-refractivity contribution in [3.63, 3.8) is 0 Å². The van der Waals surface area contributed by atoms with E-state index in [0.717, 1.165) is 5.92 Å². The van der Waals surface area contributed by atoms with E-state index in [0.29, 0.717) is 6.04 Å². The van der Waals surface area contributed by atoms with E-state index in [9.17, 15) is 0 Å². The maximum absolute atomic E-state index is 3.42. The molecule has 1 aliphatic carbocycles. The molecule has 2 nitrogen and oxygen atoms in total. The zero-order valence-corrected chi connectivity index (χ0v) is 10.7. The first-order valence-corrected chi connectivity index (χ1v) is 6.84. The molecular formula is C15H22N2. The number of nitrogens with one attached hydrogen (secondary N) is 1. The molecule has 2 heteroatoms. The van der Waals surface area contributed by atoms with Crippen molar-refractivity contribution in [1.29, 1.82) is 0 Å². The summed E-state index contributed by atoms with van der Waals surface area (Å²) in [5, 5.41) is 3.42. The molecule has 1 aromatic carbocycles. The van der Waals surface area contributed by atoms with Crippen LogP contribution in [0, 0.1) is 0 Å². The van der Waals surface area contributed by atoms with Crippen molar-refractivity contribution in [3.8, 4) is 0 Å². The molecule has 1 fully saturated rings. The Labute approximate surface area is 104 Å². The van der Waals surface area contributed by atoms with Crippen LogP contribution in [0.3, 0.4) is 0 Å². The number of fused-ring (bicyclic) bond motifs is 1. The molecule has 1 aromatic rings. The monoisotopic (exact) mass is 230 g/mol. The number of likely N-dealkylation sites (tertiary alicyclic amines) is 1. The van der Waals surface area contributed by atoms with E-state index in [2.05, 4.69) is 41.5 Å². The largest absolute Gasteiger partial charge is 0.316 e. The van der Waals surface area contributed by atoms with E-state index in [-0.39, 0.29) is 0 Å². The fourth-order valence-corrected chi connectivity index (χ4v) is 3.29. The molecule has 1 N–H and O–H groups in total. The minimum absolute atomic E-state index is 0.707. The van der Waals surface area contributed by atoms with Crippen LogP contribution in [0.1, 0.15) is 29.9 Å². The number of nitrogens with zero attached hydrogens (tertiary/aromatic N) is 1. The molecule has 0 bridgehead atoms. The molecule has 2 unspecified atom stereocenters. The van der Waals surface area contributed by atoms with Crippen molar-refractivity contribution in [2.75, 3.05) is 26.7 Å². The van der Waals surface area contributed by atoms with Gasteiger partial charge in [-0.2, -0.15) is 0 Å². The smallest absolute Gasteiger partial charge is 0.0192 e. The second-order valence-electron chi connectivity index (χ2n) is 5.49. The molecular weight excluding hydrogens is 208 g/mol. The van der Waals surface area contributed by atoms with E-state index in [4.69, 9.17) is 0 Å². The highest BCUT2D eigenvalue weighted by atomic mass is 15.2. The molecule has 1 aliphatic heterocycles. The predicted octanol–water partition coefficient (Wildman–Crippen LogP) is 2.01. The third kappa shape index (κ3) is 2.24. The number of likely N-dealkylation sites (N-methyl/N-ethyl adjacent to an activating group) is 1. The molecule has 17 heavy (non-hydrogen) atoms. The summed E-state index contributed by atoms with van der Waals surface area (Å²) < 4.78 is 0. The predicted molar refractivity (Wildman–Crippen MR) is 71.4 cm³/mol. The Kier molecular flexibility index (Phi) is 3.17. The van der Waals surface area contributed by atoms with Crippen LogP contribution in [0.4, 0.5) is 0 Å². The summed E-state index contributed by atoms with van der Waals surface area (Å²) >= 11 is 0. The molecule has 1 heterocycles. The van der Waals surface area contributed by atoms with E-state index in [1.165, 1.54) is 38.9 Å². The molecule has 3 rings (SSSR count). The fourth-order valence-electron chi connectivity index (χ4n) is 3.29. The van der Waals surface area contributed by atoms with Crippen LogP contribution in [0.25, 0.3) is 0 Å². The van der Waals surface area contributed by atoms with Crippen LogP contribution in [0.2, 0.25) is 0 Å². The van der Waals surface area contributed by atoms with Crippen molar-refractivity contribution in [2.45, 2.75) is 31.2 Å². The lowest BCUT2D eigenvalue weighted by atomic mass is 9.77. The van der Waals surface area contributed by atoms with Gasteiger partial charge in [-0.05, 0) is 44.0 Å². The van der Waals surface area contributed by atoms with E-state index >= 15 is 0 Å². The Balaban J connectivity index is 1.59. The summed E-state index contributed by atoms with van der Waals surface area (Å²) in [5.74, 6) is 0.793. The molecule has 0 saturated carbocycles. The number of hydrogen-bond acceptors (Lipinski definition) is 2. The maximum atomic E-state index is 3.42. The van der Waals surface area contributed by atoms with E-state index < -0.39 is 0 Å². The number of hydrogen-bond donors (Lipinski definition) is 1. The Bertz CT molecular complexity index is 388. The molecule has 1 saturated heterocycles. The lowest BCUT2D eigenvalue weighted by molar-refractivity contribution is 0.180. The van der Waals surface area contributed by atoms with Crippen LogP contribution >= 0.6 is 0 Å². The summed E-state index contributed by atoms with van der Waals surface area (Å²) in [4.78, 5) is 2.64. The van der Waals surface area contributed by atoms with Crippen molar-refractivity contribution in [3.05, 3.63) is 35.4 Å². The third-order valence-electron chi connectivity index (χ3n) is 4.35. The number of benzene rings is 1. The second kappa shape index (κ2) is 4.79. The zero-order valence-electron chi connectivity index (χ0n) is 10.7. The summed E-state index contributed by atoms with van der Waals surface area (Å²) in [6.45, 7) is 3.78. The Morgan fingerprint density at radius 2 is 2.24 bits per heavy atom. The third-order valence-corrected chi connectivity index (χ3v) is 4.35. The van der Waals surface area contributed by atoms with Crippen molar-refractivity contribution < 1.29 is 0 Å². The SMILES string of the molecule is CNC1CCCN(CC2Cc3ccccc32)C1. The van der Waals surface area contributed by atoms with Crippen LogP contribution in [-0.2, 0) is 6.42 Å². The van der Waals surface area contributed by atoms with Gasteiger partial charge < -0.3 is 10.2 Å². The zero-order chi connectivity index (χ0) is 11.7. The van der Waals surface area contributed by atoms with Gasteiger partial charge in [0.15, 0.2) is 0 Å². The molecule has 92 valence electrons. The molecule has 0 radical (unpaired) electrons. The van der Waals surface area contributed by atoms with Crippen LogP contribution in [0.15, 0.2) is 24.3 Å². The first-order valence-electron chi connectivity index (χ1n) is 6.84. The van der Waals surface area contributed by atoms with Gasteiger partial charge in [0.2, 0.25) is 0 Å². The van der Waals surface area contributed by atoms with Gasteiger partial charge in [-0.15, -0.1) is 0 Å². The van der Waals surface area contributed by atoms with Gasteiger partial charge in [0.05, 0.1) is 0 Å². The van der Waals surface area contributed by atoms with Gasteiger partial charge in [-0.1, -0.05) is 24.3 Å². The van der Waals surface area contributed by atoms with Gasteiger partial charge in [0.1, 0.15) is 0 Å². The van der Waals surface area contributed by atoms with Crippen LogP contribution in [0.5, 0.6) is 0 Å². The van der Waals surface area contributed by atoms with Crippen LogP contribution < -0.4 is 5.32 Å². The Morgan fingerprint density at radius 3 is 3.06 bits per heavy atom. The van der Waals surface area contributed by atoms with E-state index in [1.807, 2.05) is 0 Å². The summed E-state index contributed by atoms with van der Waals surface area (Å²) in [7, 11) is 2.09. The van der Waals surface area contributed by atoms with Crippen molar-refractivity contribution in [1.82, 2.24) is 10.2 Å². The quantitative estimate of drug-likeness (QED) is 0.854. The lowest BCUT2D eigenvalue weighted by Gasteiger charge is -2.38. The summed E-state index contributed by atoms with van der Waals surface area (Å²) in [6.07, 6.45) is 3.98. The first kappa shape index (κ1) is 11.2. The molecule has 0 amide bonds. The number of rotatable bonds is 3. The molecule has 2 atom stereocenters. The average molecular weight is 230 g/mol. The van der Waals surface area contributed by atoms with Crippen molar-refractivity contribution >= 4 is 0 Å². The first-order chi connectivity index (χ1) is 8.36. The lowest BCUT2D eigenvalue weighted by Crippen LogP contribution is -2.46. The second-order valence-corrected chi connectivity index (χ2v) is 5.49. The van der Waals surface area contributed by atoms with Crippen LogP contribution in [-0.4, -0.2) is 37.6 Å². The summed E-state index contributed by atoms with van der Waals surface area (Å²) in [6, 6.07) is 9.63. The molecule has 0 spiro atoms. The minimum Gasteiger partial charge on any atom is -0.316 e. The fraction of sp³-hybridized carbons (Fsp3) is 0.600. The highest BCUT2D eigenvalue weighted by Gasteiger charge is 2.28. The minimum atomic E-state index is 0.707. The van der Waals surface area contributed by atoms with Gasteiger partial charge in [0.25, 0.3) is 0 Å². The normalized spacial score (nSPS) is 28.5. The van der Waals surface area contributed by atoms with Gasteiger partial charge >= 0.3 is 0 Å². The maximum Gasteiger partial charge on any atom is 0.0192 e. The molecule has 0 aromatic heterocycles. The van der Waals surface area contributed by atoms with Gasteiger partial charge in [0, 0.05) is 25.0 Å². The molecule has 2 aliphatic rings. The van der Waals surface area contributed by atoms with Gasteiger partial charge in [-0.25, -0.2) is 0 Å².